The predicted octanol–water partition coefficient (Wildman–Crippen LogP) is 3.64. The zero-order valence-electron chi connectivity index (χ0n) is 17.3. The summed E-state index contributed by atoms with van der Waals surface area (Å²) in [7, 11) is 1.81. The van der Waals surface area contributed by atoms with Crippen LogP contribution in [0.1, 0.15) is 17.5 Å². The van der Waals surface area contributed by atoms with E-state index in [1.165, 1.54) is 22.0 Å². The van der Waals surface area contributed by atoms with E-state index in [2.05, 4.69) is 90.5 Å². The first-order chi connectivity index (χ1) is 14.8. The van der Waals surface area contributed by atoms with Crippen LogP contribution in [0.15, 0.2) is 84.5 Å². The maximum Gasteiger partial charge on any atom is 0.191 e. The average molecular weight is 401 g/mol. The van der Waals surface area contributed by atoms with Crippen molar-refractivity contribution >= 4 is 16.9 Å². The minimum Gasteiger partial charge on any atom is -0.356 e. The molecule has 4 rings (SSSR count). The highest BCUT2D eigenvalue weighted by Crippen LogP contribution is 2.15. The van der Waals surface area contributed by atoms with E-state index in [-0.39, 0.29) is 0 Å². The van der Waals surface area contributed by atoms with Crippen LogP contribution in [-0.2, 0) is 19.6 Å². The summed E-state index contributed by atoms with van der Waals surface area (Å²) in [4.78, 5) is 8.45. The van der Waals surface area contributed by atoms with E-state index in [9.17, 15) is 0 Å². The molecule has 0 bridgehead atoms. The highest BCUT2D eigenvalue weighted by molar-refractivity contribution is 5.80. The van der Waals surface area contributed by atoms with Gasteiger partial charge in [-0.3, -0.25) is 4.99 Å². The average Bonchev–Trinajstić information content (AvgIpc) is 3.43. The van der Waals surface area contributed by atoms with Gasteiger partial charge in [0, 0.05) is 57.3 Å². The summed E-state index contributed by atoms with van der Waals surface area (Å²) in [5, 5.41) is 8.11. The Hall–Kier alpha value is -3.54. The van der Waals surface area contributed by atoms with E-state index in [1.54, 1.807) is 6.20 Å². The van der Waals surface area contributed by atoms with Crippen LogP contribution in [0.2, 0.25) is 0 Å². The quantitative estimate of drug-likeness (QED) is 0.270. The van der Waals surface area contributed by atoms with Crippen molar-refractivity contribution < 1.29 is 0 Å². The molecule has 0 saturated heterocycles. The molecule has 0 radical (unpaired) electrons. The number of nitrogens with zero attached hydrogens (tertiary/aromatic N) is 4. The fraction of sp³-hybridized carbons (Fsp3) is 0.250. The van der Waals surface area contributed by atoms with E-state index >= 15 is 0 Å². The standard InChI is InChI=1S/C24H28N6/c1-25-24(27-11-5-13-30-14-10-22-8-2-3-9-23(22)30)28-17-20-6-4-7-21(16-20)18-29-15-12-26-19-29/h2-4,6-10,12,14-16,19H,5,11,13,17-18H2,1H3,(H2,25,27,28). The third-order valence-corrected chi connectivity index (χ3v) is 5.15. The Morgan fingerprint density at radius 3 is 2.77 bits per heavy atom. The summed E-state index contributed by atoms with van der Waals surface area (Å²) in [6.45, 7) is 3.41. The maximum atomic E-state index is 4.35. The lowest BCUT2D eigenvalue weighted by Crippen LogP contribution is -2.37. The molecule has 2 heterocycles. The van der Waals surface area contributed by atoms with E-state index < -0.39 is 0 Å². The molecule has 6 nitrogen and oxygen atoms in total. The Morgan fingerprint density at radius 2 is 1.90 bits per heavy atom. The lowest BCUT2D eigenvalue weighted by molar-refractivity contribution is 0.640. The smallest absolute Gasteiger partial charge is 0.191 e. The number of fused-ring (bicyclic) bond motifs is 1. The molecule has 0 aliphatic rings. The number of rotatable bonds is 8. The molecule has 0 saturated carbocycles. The Balaban J connectivity index is 1.23. The molecule has 154 valence electrons. The molecule has 0 spiro atoms. The number of hydrogen-bond donors (Lipinski definition) is 2. The van der Waals surface area contributed by atoms with Crippen LogP contribution < -0.4 is 10.6 Å². The van der Waals surface area contributed by atoms with Crippen molar-refractivity contribution in [2.75, 3.05) is 13.6 Å². The highest BCUT2D eigenvalue weighted by Gasteiger charge is 2.02. The Bertz CT molecular complexity index is 1090. The summed E-state index contributed by atoms with van der Waals surface area (Å²) in [6, 6.07) is 19.3. The summed E-state index contributed by atoms with van der Waals surface area (Å²) in [5.74, 6) is 0.826. The molecule has 0 aliphatic heterocycles. The van der Waals surface area contributed by atoms with Gasteiger partial charge < -0.3 is 19.8 Å². The predicted molar refractivity (Wildman–Crippen MR) is 123 cm³/mol. The van der Waals surface area contributed by atoms with E-state index in [0.717, 1.165) is 38.6 Å². The number of aryl methyl sites for hydroxylation is 1. The summed E-state index contributed by atoms with van der Waals surface area (Å²) < 4.78 is 4.37. The van der Waals surface area contributed by atoms with Gasteiger partial charge in [0.25, 0.3) is 0 Å². The fourth-order valence-corrected chi connectivity index (χ4v) is 3.63. The number of nitrogens with one attached hydrogen (secondary N) is 2. The van der Waals surface area contributed by atoms with Gasteiger partial charge in [0.05, 0.1) is 6.33 Å². The van der Waals surface area contributed by atoms with Crippen LogP contribution in [0.5, 0.6) is 0 Å². The summed E-state index contributed by atoms with van der Waals surface area (Å²) in [5.41, 5.74) is 3.78. The van der Waals surface area contributed by atoms with Crippen molar-refractivity contribution in [3.63, 3.8) is 0 Å². The zero-order valence-corrected chi connectivity index (χ0v) is 17.3. The first-order valence-electron chi connectivity index (χ1n) is 10.3. The van der Waals surface area contributed by atoms with Crippen molar-refractivity contribution in [2.24, 2.45) is 4.99 Å². The summed E-state index contributed by atoms with van der Waals surface area (Å²) >= 11 is 0. The van der Waals surface area contributed by atoms with Crippen molar-refractivity contribution in [2.45, 2.75) is 26.1 Å². The number of guanidine groups is 1. The van der Waals surface area contributed by atoms with Gasteiger partial charge in [-0.05, 0) is 35.1 Å². The largest absolute Gasteiger partial charge is 0.356 e. The Morgan fingerprint density at radius 1 is 1.00 bits per heavy atom. The van der Waals surface area contributed by atoms with Crippen LogP contribution in [0, 0.1) is 0 Å². The van der Waals surface area contributed by atoms with Gasteiger partial charge in [-0.25, -0.2) is 4.98 Å². The molecule has 0 atom stereocenters. The number of aliphatic imine (C=N–C) groups is 1. The molecular weight excluding hydrogens is 372 g/mol. The second-order valence-corrected chi connectivity index (χ2v) is 7.33. The molecular formula is C24H28N6. The molecule has 30 heavy (non-hydrogen) atoms. The number of benzene rings is 2. The molecule has 2 aromatic heterocycles. The Kier molecular flexibility index (Phi) is 6.44. The maximum absolute atomic E-state index is 4.35. The number of aromatic nitrogens is 3. The van der Waals surface area contributed by atoms with Crippen LogP contribution >= 0.6 is 0 Å². The topological polar surface area (TPSA) is 59.2 Å². The van der Waals surface area contributed by atoms with Crippen molar-refractivity contribution in [1.29, 1.82) is 0 Å². The second-order valence-electron chi connectivity index (χ2n) is 7.33. The lowest BCUT2D eigenvalue weighted by atomic mass is 10.1. The van der Waals surface area contributed by atoms with Gasteiger partial charge in [-0.1, -0.05) is 42.5 Å². The van der Waals surface area contributed by atoms with Crippen LogP contribution in [0.4, 0.5) is 0 Å². The third-order valence-electron chi connectivity index (χ3n) is 5.15. The van der Waals surface area contributed by atoms with Crippen LogP contribution in [0.25, 0.3) is 10.9 Å². The molecule has 0 amide bonds. The number of imidazole rings is 1. The van der Waals surface area contributed by atoms with E-state index in [4.69, 9.17) is 0 Å². The molecule has 2 N–H and O–H groups in total. The summed E-state index contributed by atoms with van der Waals surface area (Å²) in [6.07, 6.45) is 8.81. The van der Waals surface area contributed by atoms with Crippen LogP contribution in [-0.4, -0.2) is 33.7 Å². The minimum absolute atomic E-state index is 0.736. The minimum atomic E-state index is 0.736. The lowest BCUT2D eigenvalue weighted by Gasteiger charge is -2.13. The molecule has 4 aromatic rings. The van der Waals surface area contributed by atoms with Crippen molar-refractivity contribution in [3.8, 4) is 0 Å². The Labute approximate surface area is 177 Å². The van der Waals surface area contributed by atoms with Gasteiger partial charge >= 0.3 is 0 Å². The zero-order chi connectivity index (χ0) is 20.6. The molecule has 0 unspecified atom stereocenters. The number of para-hydroxylation sites is 1. The van der Waals surface area contributed by atoms with Gasteiger partial charge in [0.1, 0.15) is 0 Å². The van der Waals surface area contributed by atoms with Crippen molar-refractivity contribution in [3.05, 3.63) is 90.6 Å². The third kappa shape index (κ3) is 5.08. The monoisotopic (exact) mass is 400 g/mol. The van der Waals surface area contributed by atoms with Gasteiger partial charge in [-0.2, -0.15) is 0 Å². The molecule has 0 fully saturated rings. The van der Waals surface area contributed by atoms with Gasteiger partial charge in [-0.15, -0.1) is 0 Å². The van der Waals surface area contributed by atoms with Crippen LogP contribution in [0.3, 0.4) is 0 Å². The SMILES string of the molecule is CN=C(NCCCn1ccc2ccccc21)NCc1cccc(Cn2ccnc2)c1. The van der Waals surface area contributed by atoms with Gasteiger partial charge in [0.15, 0.2) is 5.96 Å². The second kappa shape index (κ2) is 9.78. The molecule has 6 heteroatoms. The van der Waals surface area contributed by atoms with Gasteiger partial charge in [0.2, 0.25) is 0 Å². The van der Waals surface area contributed by atoms with Crippen molar-refractivity contribution in [1.82, 2.24) is 24.8 Å². The van der Waals surface area contributed by atoms with E-state index in [1.807, 2.05) is 19.6 Å². The van der Waals surface area contributed by atoms with E-state index in [0.29, 0.717) is 0 Å². The normalized spacial score (nSPS) is 11.7. The first kappa shape index (κ1) is 19.8. The molecule has 2 aromatic carbocycles. The highest BCUT2D eigenvalue weighted by atomic mass is 15.2. The first-order valence-corrected chi connectivity index (χ1v) is 10.3. The number of hydrogen-bond acceptors (Lipinski definition) is 2. The molecule has 0 aliphatic carbocycles. The fourth-order valence-electron chi connectivity index (χ4n) is 3.63.